The fraction of sp³-hybridized carbons (Fsp3) is 0.463. The van der Waals surface area contributed by atoms with E-state index in [0.717, 1.165) is 90.6 Å². The highest BCUT2D eigenvalue weighted by atomic mass is 32.2. The fourth-order valence-electron chi connectivity index (χ4n) is 16.0. The molecule has 0 amide bonds. The average molecular weight is 2010 g/mol. The van der Waals surface area contributed by atoms with E-state index in [1.54, 1.807) is 0 Å². The molecule has 0 radical (unpaired) electrons. The molecule has 14 heterocycles. The number of carbonyl (C=O) groups excluding carboxylic acids is 2. The van der Waals surface area contributed by atoms with Gasteiger partial charge in [-0.1, -0.05) is 105 Å². The smallest absolute Gasteiger partial charge is 0.305 e. The van der Waals surface area contributed by atoms with Crippen LogP contribution in [0.1, 0.15) is 241 Å². The van der Waals surface area contributed by atoms with Crippen LogP contribution in [-0.2, 0) is 63.7 Å². The highest BCUT2D eigenvalue weighted by molar-refractivity contribution is 7.33. The molecule has 14 aromatic heterocycles. The number of hydrogen-bond acceptors (Lipinski definition) is 22. The van der Waals surface area contributed by atoms with Crippen LogP contribution in [0.4, 0.5) is 0 Å². The molecule has 0 saturated heterocycles. The van der Waals surface area contributed by atoms with Crippen molar-refractivity contribution in [3.05, 3.63) is 182 Å². The molecule has 14 aromatic rings. The number of unbranched alkanes of at least 4 members (excludes halogenated alkanes) is 12. The molecule has 0 aliphatic rings. The summed E-state index contributed by atoms with van der Waals surface area (Å²) in [4.78, 5) is 62.4. The molecule has 0 bridgehead atoms. The molecular formula is C108H132O8S14. The van der Waals surface area contributed by atoms with Gasteiger partial charge in [0.15, 0.2) is 0 Å². The predicted octanol–water partition coefficient (Wildman–Crippen LogP) is 37.0. The van der Waals surface area contributed by atoms with E-state index in [2.05, 4.69) is 210 Å². The Labute approximate surface area is 831 Å². The molecular weight excluding hydrogens is 1870 g/mol. The quantitative estimate of drug-likeness (QED) is 0.0275. The Morgan fingerprint density at radius 1 is 0.192 bits per heavy atom. The molecule has 0 aliphatic heterocycles. The molecule has 14 rings (SSSR count). The molecule has 696 valence electrons. The summed E-state index contributed by atoms with van der Waals surface area (Å²) in [6, 6.07) is 32.0. The summed E-state index contributed by atoms with van der Waals surface area (Å²) in [6.07, 6.45) is 23.1. The standard InChI is InChI=1S/C56H72O4S7.C52H60O4S7/c1-11-13-15-17-27-57-31-33-59-29-25-43-19-21-45(61-43)46-23-24-48(63-46)50-36(4)38(6)52(65-50)54-40(8)42(10)56(67-54)55-41(9)39(7)53(66-55)51-37(5)35(3)49(64-51)47-22-20-44(62-47)26-30-60-34-32-58-28-18-16-14-12-2;1-9-11-13-15-17-45(53)55-29-27-37-19-21-39(57-37)47-31(3)33(5)49(61-47)41-23-25-43(59-41)51-35(7)36(8)52(63-51)44-26-24-42(60-44)50-34(6)32(4)48(62-50)40-22-20-38(58-40)28-30-56-46(54)18-16-14-12-10-2/h19-24H,11-18,25-34H2,1-10H3;19-26H,9-18,27-30H2,1-8H3. The van der Waals surface area contributed by atoms with Crippen LogP contribution in [0.25, 0.3) is 117 Å². The largest absolute Gasteiger partial charge is 0.465 e. The van der Waals surface area contributed by atoms with Crippen molar-refractivity contribution in [2.75, 3.05) is 66.1 Å². The van der Waals surface area contributed by atoms with Crippen molar-refractivity contribution >= 4 is 171 Å². The maximum absolute atomic E-state index is 12.2. The minimum atomic E-state index is -0.0713. The third-order valence-corrected chi connectivity index (χ3v) is 44.7. The van der Waals surface area contributed by atoms with E-state index >= 15 is 0 Å². The SMILES string of the molecule is CCCCCCC(=O)OCCc1ccc(-c2sc(-c3ccc(-c4sc(-c5ccc(-c6sc(-c7ccc(CCOC(=O)CCCCCC)s7)c(C)c6C)s5)c(C)c4C)s3)c(C)c2C)s1.CCCCCCOCCOCCc1ccc(-c2ccc(-c3sc(-c4sc(-c5sc(-c6sc(-c7ccc(CCOCCOCCCCCC)s7)c(C)c6C)c(C)c5C)c(C)c4C)c(C)c3C)s2)s1. The van der Waals surface area contributed by atoms with Crippen molar-refractivity contribution in [3.8, 4) is 117 Å². The normalized spacial score (nSPS) is 11.7. The number of carbonyl (C=O) groups is 2. The van der Waals surface area contributed by atoms with E-state index in [9.17, 15) is 9.59 Å². The zero-order valence-corrected chi connectivity index (χ0v) is 91.1. The van der Waals surface area contributed by atoms with Crippen molar-refractivity contribution in [2.24, 2.45) is 0 Å². The van der Waals surface area contributed by atoms with E-state index < -0.39 is 0 Å². The fourth-order valence-corrected chi connectivity index (χ4v) is 34.3. The summed E-state index contributed by atoms with van der Waals surface area (Å²) in [5, 5.41) is 0. The first-order valence-corrected chi connectivity index (χ1v) is 58.4. The van der Waals surface area contributed by atoms with Gasteiger partial charge < -0.3 is 28.4 Å². The van der Waals surface area contributed by atoms with Crippen LogP contribution >= 0.6 is 159 Å². The third kappa shape index (κ3) is 25.7. The lowest BCUT2D eigenvalue weighted by Crippen LogP contribution is -2.07. The van der Waals surface area contributed by atoms with E-state index in [0.29, 0.717) is 52.5 Å². The van der Waals surface area contributed by atoms with Crippen LogP contribution in [0, 0.1) is 96.9 Å². The Bertz CT molecular complexity index is 5810. The van der Waals surface area contributed by atoms with Crippen molar-refractivity contribution in [2.45, 2.75) is 266 Å². The van der Waals surface area contributed by atoms with Crippen molar-refractivity contribution < 1.29 is 38.0 Å². The zero-order chi connectivity index (χ0) is 92.1. The van der Waals surface area contributed by atoms with Gasteiger partial charge in [0.25, 0.3) is 0 Å². The van der Waals surface area contributed by atoms with Crippen LogP contribution in [0.2, 0.25) is 0 Å². The van der Waals surface area contributed by atoms with Crippen LogP contribution in [-0.4, -0.2) is 78.0 Å². The monoisotopic (exact) mass is 2000 g/mol. The molecule has 0 unspecified atom stereocenters. The van der Waals surface area contributed by atoms with Gasteiger partial charge in [0.05, 0.1) is 52.9 Å². The molecule has 8 nitrogen and oxygen atoms in total. The molecule has 0 atom stereocenters. The van der Waals surface area contributed by atoms with Crippen LogP contribution in [0.5, 0.6) is 0 Å². The maximum atomic E-state index is 12.2. The molecule has 0 N–H and O–H groups in total. The van der Waals surface area contributed by atoms with Gasteiger partial charge in [-0.05, 0) is 285 Å². The van der Waals surface area contributed by atoms with Crippen LogP contribution in [0.15, 0.2) is 84.9 Å². The Kier molecular flexibility index (Phi) is 39.3. The van der Waals surface area contributed by atoms with Gasteiger partial charge in [0, 0.05) is 188 Å². The van der Waals surface area contributed by atoms with Crippen molar-refractivity contribution in [1.29, 1.82) is 0 Å². The van der Waals surface area contributed by atoms with Gasteiger partial charge in [0.2, 0.25) is 0 Å². The third-order valence-electron chi connectivity index (χ3n) is 25.0. The molecule has 22 heteroatoms. The Morgan fingerprint density at radius 3 is 0.669 bits per heavy atom. The topological polar surface area (TPSA) is 89.5 Å². The molecule has 0 saturated carbocycles. The summed E-state index contributed by atoms with van der Waals surface area (Å²) in [5.41, 5.74) is 19.4. The first-order chi connectivity index (χ1) is 63.0. The molecule has 0 fully saturated rings. The first kappa shape index (κ1) is 102. The zero-order valence-electron chi connectivity index (χ0n) is 79.7. The molecule has 130 heavy (non-hydrogen) atoms. The van der Waals surface area contributed by atoms with Crippen molar-refractivity contribution in [3.63, 3.8) is 0 Å². The summed E-state index contributed by atoms with van der Waals surface area (Å²) < 4.78 is 34.5. The summed E-state index contributed by atoms with van der Waals surface area (Å²) in [6.45, 7) is 47.9. The average Bonchev–Trinajstić information content (AvgIpc) is 1.59. The van der Waals surface area contributed by atoms with Gasteiger partial charge in [-0.25, -0.2) is 0 Å². The molecule has 0 spiro atoms. The van der Waals surface area contributed by atoms with Crippen LogP contribution in [0.3, 0.4) is 0 Å². The van der Waals surface area contributed by atoms with Gasteiger partial charge in [0.1, 0.15) is 0 Å². The lowest BCUT2D eigenvalue weighted by Gasteiger charge is -2.05. The number of hydrogen-bond donors (Lipinski definition) is 0. The highest BCUT2D eigenvalue weighted by Gasteiger charge is 2.29. The van der Waals surface area contributed by atoms with Crippen molar-refractivity contribution in [1.82, 2.24) is 0 Å². The second-order valence-corrected chi connectivity index (χ2v) is 49.3. The Morgan fingerprint density at radius 2 is 0.385 bits per heavy atom. The summed E-state index contributed by atoms with van der Waals surface area (Å²) in [7, 11) is 0. The Balaban J connectivity index is 0.000000222. The number of rotatable bonds is 50. The van der Waals surface area contributed by atoms with Gasteiger partial charge in [-0.3, -0.25) is 9.59 Å². The van der Waals surface area contributed by atoms with Gasteiger partial charge in [-0.15, -0.1) is 159 Å². The van der Waals surface area contributed by atoms with E-state index in [4.69, 9.17) is 28.4 Å². The number of esters is 2. The van der Waals surface area contributed by atoms with E-state index in [-0.39, 0.29) is 11.9 Å². The second kappa shape index (κ2) is 50.1. The first-order valence-electron chi connectivity index (χ1n) is 47.0. The lowest BCUT2D eigenvalue weighted by molar-refractivity contribution is -0.144. The van der Waals surface area contributed by atoms with E-state index in [1.165, 1.54) is 279 Å². The summed E-state index contributed by atoms with van der Waals surface area (Å²) >= 11 is 26.9. The summed E-state index contributed by atoms with van der Waals surface area (Å²) in [5.74, 6) is -0.143. The van der Waals surface area contributed by atoms with E-state index in [1.807, 2.05) is 159 Å². The molecule has 0 aliphatic carbocycles. The molecule has 0 aromatic carbocycles. The second-order valence-electron chi connectivity index (χ2n) is 34.3. The number of ether oxygens (including phenoxy) is 6. The Hall–Kier alpha value is -5.42. The minimum Gasteiger partial charge on any atom is -0.465 e. The lowest BCUT2D eigenvalue weighted by atomic mass is 10.0. The van der Waals surface area contributed by atoms with Crippen LogP contribution < -0.4 is 0 Å². The van der Waals surface area contributed by atoms with Gasteiger partial charge in [-0.2, -0.15) is 0 Å². The van der Waals surface area contributed by atoms with Gasteiger partial charge >= 0.3 is 11.9 Å². The number of thiophene rings is 14. The predicted molar refractivity (Wildman–Crippen MR) is 581 cm³/mol. The highest BCUT2D eigenvalue weighted by Crippen LogP contribution is 2.57. The minimum absolute atomic E-state index is 0.0713. The maximum Gasteiger partial charge on any atom is 0.305 e.